The number of nitrogens with one attached hydrogen (secondary N) is 2. The van der Waals surface area contributed by atoms with E-state index in [0.717, 1.165) is 12.1 Å². The van der Waals surface area contributed by atoms with E-state index in [4.69, 9.17) is 0 Å². The zero-order chi connectivity index (χ0) is 19.4. The van der Waals surface area contributed by atoms with Crippen molar-refractivity contribution in [3.63, 3.8) is 0 Å². The molecule has 0 aliphatic heterocycles. The lowest BCUT2D eigenvalue weighted by Gasteiger charge is -2.11. The molecule has 1 aromatic heterocycles. The molecule has 0 aliphatic rings. The van der Waals surface area contributed by atoms with Crippen LogP contribution in [0.1, 0.15) is 15.9 Å². The number of pyridine rings is 1. The molecule has 0 atom stereocenters. The van der Waals surface area contributed by atoms with Crippen LogP contribution in [0, 0.1) is 5.82 Å². The molecule has 0 saturated heterocycles. The first-order chi connectivity index (χ1) is 12.8. The molecule has 0 spiro atoms. The smallest absolute Gasteiger partial charge is 0.354 e. The summed E-state index contributed by atoms with van der Waals surface area (Å²) in [6.45, 7) is 0. The molecule has 138 valence electrons. The molecule has 3 rings (SSSR count). The number of hydrogen-bond donors (Lipinski definition) is 2. The van der Waals surface area contributed by atoms with Crippen molar-refractivity contribution in [2.24, 2.45) is 0 Å². The number of anilines is 3. The molecule has 0 bridgehead atoms. The first-order valence-corrected chi connectivity index (χ1v) is 7.78. The number of nitrogens with zero attached hydrogens (tertiary/aromatic N) is 1. The van der Waals surface area contributed by atoms with Crippen LogP contribution < -0.4 is 10.6 Å². The number of carbonyl (C=O) groups is 1. The molecule has 1 heterocycles. The molecule has 4 nitrogen and oxygen atoms in total. The summed E-state index contributed by atoms with van der Waals surface area (Å²) in [6, 6.07) is 11.7. The number of amides is 1. The van der Waals surface area contributed by atoms with Crippen LogP contribution in [0.15, 0.2) is 67.0 Å². The third-order valence-corrected chi connectivity index (χ3v) is 3.60. The monoisotopic (exact) mass is 375 g/mol. The van der Waals surface area contributed by atoms with Crippen LogP contribution in [0.25, 0.3) is 0 Å². The Labute approximate surface area is 151 Å². The first kappa shape index (κ1) is 18.4. The highest BCUT2D eigenvalue weighted by Crippen LogP contribution is 2.31. The minimum absolute atomic E-state index is 0.0127. The van der Waals surface area contributed by atoms with Gasteiger partial charge in [-0.3, -0.25) is 9.78 Å². The fourth-order valence-electron chi connectivity index (χ4n) is 2.33. The van der Waals surface area contributed by atoms with Crippen LogP contribution in [-0.2, 0) is 6.18 Å². The molecule has 8 heteroatoms. The van der Waals surface area contributed by atoms with E-state index in [2.05, 4.69) is 15.6 Å². The SMILES string of the molecule is O=C(Nc1ccccc1F)c1cncc(Nc2cccc(C(F)(F)F)c2)c1. The molecular weight excluding hydrogens is 362 g/mol. The average molecular weight is 375 g/mol. The number of halogens is 4. The van der Waals surface area contributed by atoms with Crippen LogP contribution in [0.4, 0.5) is 34.6 Å². The van der Waals surface area contributed by atoms with Crippen LogP contribution in [0.2, 0.25) is 0 Å². The van der Waals surface area contributed by atoms with E-state index in [1.807, 2.05) is 0 Å². The normalized spacial score (nSPS) is 11.1. The van der Waals surface area contributed by atoms with Gasteiger partial charge in [0.2, 0.25) is 0 Å². The predicted molar refractivity (Wildman–Crippen MR) is 93.3 cm³/mol. The Morgan fingerprint density at radius 1 is 0.926 bits per heavy atom. The lowest BCUT2D eigenvalue weighted by molar-refractivity contribution is -0.137. The maximum Gasteiger partial charge on any atom is 0.416 e. The minimum atomic E-state index is -4.46. The van der Waals surface area contributed by atoms with Crippen LogP contribution in [0.5, 0.6) is 0 Å². The van der Waals surface area contributed by atoms with Crippen molar-refractivity contribution in [3.8, 4) is 0 Å². The van der Waals surface area contributed by atoms with E-state index in [0.29, 0.717) is 5.69 Å². The zero-order valence-electron chi connectivity index (χ0n) is 13.7. The Kier molecular flexibility index (Phi) is 5.07. The number of carbonyl (C=O) groups excluding carboxylic acids is 1. The summed E-state index contributed by atoms with van der Waals surface area (Å²) >= 11 is 0. The van der Waals surface area contributed by atoms with E-state index in [1.54, 1.807) is 6.07 Å². The average Bonchev–Trinajstić information content (AvgIpc) is 2.63. The van der Waals surface area contributed by atoms with Gasteiger partial charge in [-0.05, 0) is 36.4 Å². The van der Waals surface area contributed by atoms with E-state index >= 15 is 0 Å². The Hall–Kier alpha value is -3.42. The van der Waals surface area contributed by atoms with Gasteiger partial charge in [0.1, 0.15) is 5.82 Å². The van der Waals surface area contributed by atoms with Gasteiger partial charge in [-0.1, -0.05) is 18.2 Å². The van der Waals surface area contributed by atoms with E-state index in [9.17, 15) is 22.4 Å². The van der Waals surface area contributed by atoms with Gasteiger partial charge in [0.25, 0.3) is 5.91 Å². The highest BCUT2D eigenvalue weighted by molar-refractivity contribution is 6.04. The van der Waals surface area contributed by atoms with Crippen molar-refractivity contribution >= 4 is 23.0 Å². The first-order valence-electron chi connectivity index (χ1n) is 7.78. The number of para-hydroxylation sites is 1. The number of aromatic nitrogens is 1. The lowest BCUT2D eigenvalue weighted by Crippen LogP contribution is -2.13. The van der Waals surface area contributed by atoms with Gasteiger partial charge in [-0.25, -0.2) is 4.39 Å². The Morgan fingerprint density at radius 2 is 1.70 bits per heavy atom. The topological polar surface area (TPSA) is 54.0 Å². The molecule has 2 aromatic carbocycles. The molecule has 0 unspecified atom stereocenters. The number of rotatable bonds is 4. The summed E-state index contributed by atoms with van der Waals surface area (Å²) in [5.74, 6) is -1.18. The summed E-state index contributed by atoms with van der Waals surface area (Å²) in [7, 11) is 0. The van der Waals surface area contributed by atoms with Crippen molar-refractivity contribution in [2.75, 3.05) is 10.6 Å². The van der Waals surface area contributed by atoms with Crippen molar-refractivity contribution in [1.82, 2.24) is 4.98 Å². The van der Waals surface area contributed by atoms with Gasteiger partial charge in [-0.15, -0.1) is 0 Å². The molecule has 0 saturated carbocycles. The molecular formula is C19H13F4N3O. The van der Waals surface area contributed by atoms with Crippen LogP contribution in [-0.4, -0.2) is 10.9 Å². The summed E-state index contributed by atoms with van der Waals surface area (Å²) in [4.78, 5) is 16.2. The van der Waals surface area contributed by atoms with Gasteiger partial charge < -0.3 is 10.6 Å². The van der Waals surface area contributed by atoms with Crippen molar-refractivity contribution in [3.05, 3.63) is 83.9 Å². The highest BCUT2D eigenvalue weighted by atomic mass is 19.4. The minimum Gasteiger partial charge on any atom is -0.354 e. The van der Waals surface area contributed by atoms with Gasteiger partial charge in [-0.2, -0.15) is 13.2 Å². The molecule has 27 heavy (non-hydrogen) atoms. The predicted octanol–water partition coefficient (Wildman–Crippen LogP) is 5.24. The lowest BCUT2D eigenvalue weighted by atomic mass is 10.2. The molecule has 1 amide bonds. The van der Waals surface area contributed by atoms with Crippen molar-refractivity contribution in [2.45, 2.75) is 6.18 Å². The third-order valence-electron chi connectivity index (χ3n) is 3.60. The third kappa shape index (κ3) is 4.60. The van der Waals surface area contributed by atoms with Gasteiger partial charge in [0.15, 0.2) is 0 Å². The van der Waals surface area contributed by atoms with Crippen molar-refractivity contribution < 1.29 is 22.4 Å². The number of benzene rings is 2. The number of hydrogen-bond acceptors (Lipinski definition) is 3. The second-order valence-electron chi connectivity index (χ2n) is 5.60. The Balaban J connectivity index is 1.78. The second kappa shape index (κ2) is 7.45. The van der Waals surface area contributed by atoms with Gasteiger partial charge >= 0.3 is 6.18 Å². The largest absolute Gasteiger partial charge is 0.416 e. The highest BCUT2D eigenvalue weighted by Gasteiger charge is 2.30. The van der Waals surface area contributed by atoms with Gasteiger partial charge in [0.05, 0.1) is 28.7 Å². The molecule has 0 radical (unpaired) electrons. The Bertz CT molecular complexity index is 973. The maximum atomic E-state index is 13.6. The fourth-order valence-corrected chi connectivity index (χ4v) is 2.33. The zero-order valence-corrected chi connectivity index (χ0v) is 13.7. The molecule has 0 fully saturated rings. The van der Waals surface area contributed by atoms with E-state index in [1.165, 1.54) is 48.8 Å². The Morgan fingerprint density at radius 3 is 2.44 bits per heavy atom. The molecule has 0 aliphatic carbocycles. The van der Waals surface area contributed by atoms with Crippen LogP contribution in [0.3, 0.4) is 0 Å². The second-order valence-corrected chi connectivity index (χ2v) is 5.60. The van der Waals surface area contributed by atoms with E-state index in [-0.39, 0.29) is 16.9 Å². The molecule has 2 N–H and O–H groups in total. The quantitative estimate of drug-likeness (QED) is 0.614. The standard InChI is InChI=1S/C19H13F4N3O/c20-16-6-1-2-7-17(16)26-18(27)12-8-15(11-24-10-12)25-14-5-3-4-13(9-14)19(21,22)23/h1-11,25H,(H,26,27). The number of alkyl halides is 3. The summed E-state index contributed by atoms with van der Waals surface area (Å²) in [6.07, 6.45) is -1.83. The van der Waals surface area contributed by atoms with E-state index < -0.39 is 23.5 Å². The summed E-state index contributed by atoms with van der Waals surface area (Å²) in [5, 5.41) is 5.19. The summed E-state index contributed by atoms with van der Waals surface area (Å²) < 4.78 is 52.0. The maximum absolute atomic E-state index is 13.6. The van der Waals surface area contributed by atoms with Gasteiger partial charge in [0, 0.05) is 11.9 Å². The summed E-state index contributed by atoms with van der Waals surface area (Å²) in [5.41, 5.74) is -0.156. The van der Waals surface area contributed by atoms with Crippen molar-refractivity contribution in [1.29, 1.82) is 0 Å². The fraction of sp³-hybridized carbons (Fsp3) is 0.0526. The van der Waals surface area contributed by atoms with Crippen LogP contribution >= 0.6 is 0 Å². The molecule has 3 aromatic rings.